The minimum atomic E-state index is 0.0299. The quantitative estimate of drug-likeness (QED) is 0.813. The van der Waals surface area contributed by atoms with Crippen molar-refractivity contribution in [3.63, 3.8) is 0 Å². The number of thiocarbonyl (C=S) groups is 1. The molecule has 0 radical (unpaired) electrons. The van der Waals surface area contributed by atoms with Crippen molar-refractivity contribution in [3.8, 4) is 0 Å². The van der Waals surface area contributed by atoms with E-state index in [-0.39, 0.29) is 11.0 Å². The standard InChI is InChI=1S/C12H13N3OS/c1-8(10-5-3-7-16-10)15-9-4-2-6-14-11(9)12(13)17/h2-8,15H,1H3,(H2,13,17). The van der Waals surface area contributed by atoms with Gasteiger partial charge in [0.15, 0.2) is 0 Å². The summed E-state index contributed by atoms with van der Waals surface area (Å²) in [5.74, 6) is 0.850. The van der Waals surface area contributed by atoms with Gasteiger partial charge in [0.25, 0.3) is 0 Å². The first-order valence-electron chi connectivity index (χ1n) is 5.23. The Morgan fingerprint density at radius 3 is 2.94 bits per heavy atom. The minimum Gasteiger partial charge on any atom is -0.467 e. The molecule has 0 aliphatic rings. The van der Waals surface area contributed by atoms with Gasteiger partial charge in [-0.3, -0.25) is 4.98 Å². The molecule has 1 unspecified atom stereocenters. The van der Waals surface area contributed by atoms with Crippen LogP contribution in [0.2, 0.25) is 0 Å². The van der Waals surface area contributed by atoms with Gasteiger partial charge >= 0.3 is 0 Å². The predicted molar refractivity (Wildman–Crippen MR) is 70.9 cm³/mol. The second-order valence-electron chi connectivity index (χ2n) is 3.65. The number of rotatable bonds is 4. The lowest BCUT2D eigenvalue weighted by Crippen LogP contribution is -2.16. The summed E-state index contributed by atoms with van der Waals surface area (Å²) >= 11 is 4.95. The summed E-state index contributed by atoms with van der Waals surface area (Å²) in [7, 11) is 0. The average molecular weight is 247 g/mol. The molecule has 0 saturated heterocycles. The normalized spacial score (nSPS) is 12.1. The van der Waals surface area contributed by atoms with E-state index in [1.807, 2.05) is 31.2 Å². The van der Waals surface area contributed by atoms with E-state index in [1.165, 1.54) is 0 Å². The third-order valence-electron chi connectivity index (χ3n) is 2.38. The first-order valence-corrected chi connectivity index (χ1v) is 5.64. The fourth-order valence-corrected chi connectivity index (χ4v) is 1.72. The molecule has 3 N–H and O–H groups in total. The molecule has 0 aromatic carbocycles. The Balaban J connectivity index is 2.21. The van der Waals surface area contributed by atoms with Crippen LogP contribution in [0.3, 0.4) is 0 Å². The van der Waals surface area contributed by atoms with E-state index in [2.05, 4.69) is 10.3 Å². The van der Waals surface area contributed by atoms with E-state index in [0.717, 1.165) is 11.4 Å². The fraction of sp³-hybridized carbons (Fsp3) is 0.167. The molecule has 0 aliphatic heterocycles. The van der Waals surface area contributed by atoms with Gasteiger partial charge in [-0.1, -0.05) is 12.2 Å². The molecule has 0 amide bonds. The van der Waals surface area contributed by atoms with Crippen LogP contribution < -0.4 is 11.1 Å². The molecule has 17 heavy (non-hydrogen) atoms. The van der Waals surface area contributed by atoms with Crippen molar-refractivity contribution in [2.75, 3.05) is 5.32 Å². The van der Waals surface area contributed by atoms with Crippen molar-refractivity contribution >= 4 is 22.9 Å². The summed E-state index contributed by atoms with van der Waals surface area (Å²) in [6.07, 6.45) is 3.31. The Morgan fingerprint density at radius 1 is 1.47 bits per heavy atom. The Morgan fingerprint density at radius 2 is 2.29 bits per heavy atom. The van der Waals surface area contributed by atoms with Gasteiger partial charge in [0.2, 0.25) is 0 Å². The van der Waals surface area contributed by atoms with Crippen LogP contribution in [0.5, 0.6) is 0 Å². The molecule has 2 aromatic rings. The fourth-order valence-electron chi connectivity index (χ4n) is 1.56. The summed E-state index contributed by atoms with van der Waals surface area (Å²) in [6.45, 7) is 2.00. The largest absolute Gasteiger partial charge is 0.467 e. The molecule has 0 spiro atoms. The lowest BCUT2D eigenvalue weighted by atomic mass is 10.2. The third-order valence-corrected chi connectivity index (χ3v) is 2.58. The SMILES string of the molecule is CC(Nc1cccnc1C(N)=S)c1ccco1. The lowest BCUT2D eigenvalue weighted by molar-refractivity contribution is 0.490. The average Bonchev–Trinajstić information content (AvgIpc) is 2.83. The van der Waals surface area contributed by atoms with Crippen molar-refractivity contribution in [1.82, 2.24) is 4.98 Å². The second-order valence-corrected chi connectivity index (χ2v) is 4.09. The highest BCUT2D eigenvalue weighted by molar-refractivity contribution is 7.80. The van der Waals surface area contributed by atoms with Gasteiger partial charge in [0, 0.05) is 6.20 Å². The molecule has 88 valence electrons. The smallest absolute Gasteiger partial charge is 0.125 e. The third kappa shape index (κ3) is 2.62. The van der Waals surface area contributed by atoms with E-state index in [9.17, 15) is 0 Å². The summed E-state index contributed by atoms with van der Waals surface area (Å²) in [5.41, 5.74) is 7.02. The highest BCUT2D eigenvalue weighted by atomic mass is 32.1. The molecule has 2 heterocycles. The summed E-state index contributed by atoms with van der Waals surface area (Å²) in [4.78, 5) is 4.43. The number of nitrogens with zero attached hydrogens (tertiary/aromatic N) is 1. The van der Waals surface area contributed by atoms with Gasteiger partial charge in [-0.25, -0.2) is 0 Å². The van der Waals surface area contributed by atoms with Crippen LogP contribution in [0.25, 0.3) is 0 Å². The molecule has 0 bridgehead atoms. The molecular weight excluding hydrogens is 234 g/mol. The van der Waals surface area contributed by atoms with Crippen molar-refractivity contribution in [3.05, 3.63) is 48.2 Å². The zero-order valence-corrected chi connectivity index (χ0v) is 10.2. The number of pyridine rings is 1. The Hall–Kier alpha value is -1.88. The maximum atomic E-state index is 5.61. The number of nitrogens with two attached hydrogens (primary N) is 1. The van der Waals surface area contributed by atoms with Crippen LogP contribution in [0, 0.1) is 0 Å². The van der Waals surface area contributed by atoms with E-state index in [4.69, 9.17) is 22.4 Å². The molecule has 0 fully saturated rings. The van der Waals surface area contributed by atoms with Crippen molar-refractivity contribution < 1.29 is 4.42 Å². The lowest BCUT2D eigenvalue weighted by Gasteiger charge is -2.15. The Bertz CT molecular complexity index is 510. The first kappa shape index (κ1) is 11.6. The Kier molecular flexibility index (Phi) is 3.39. The summed E-state index contributed by atoms with van der Waals surface area (Å²) in [6, 6.07) is 7.52. The molecular formula is C12H13N3OS. The number of hydrogen-bond donors (Lipinski definition) is 2. The van der Waals surface area contributed by atoms with Crippen LogP contribution in [0.15, 0.2) is 41.1 Å². The molecule has 2 aromatic heterocycles. The monoisotopic (exact) mass is 247 g/mol. The Labute approximate surface area is 105 Å². The number of hydrogen-bond acceptors (Lipinski definition) is 4. The number of aromatic nitrogens is 1. The van der Waals surface area contributed by atoms with Crippen LogP contribution >= 0.6 is 12.2 Å². The van der Waals surface area contributed by atoms with E-state index in [0.29, 0.717) is 5.69 Å². The molecule has 0 aliphatic carbocycles. The minimum absolute atomic E-state index is 0.0299. The molecule has 0 saturated carbocycles. The second kappa shape index (κ2) is 4.97. The van der Waals surface area contributed by atoms with Gasteiger partial charge in [0.05, 0.1) is 18.0 Å². The molecule has 4 nitrogen and oxygen atoms in total. The topological polar surface area (TPSA) is 64.1 Å². The summed E-state index contributed by atoms with van der Waals surface area (Å²) in [5, 5.41) is 3.27. The van der Waals surface area contributed by atoms with Crippen LogP contribution in [-0.4, -0.2) is 9.97 Å². The zero-order chi connectivity index (χ0) is 12.3. The van der Waals surface area contributed by atoms with Crippen LogP contribution in [-0.2, 0) is 0 Å². The molecule has 5 heteroatoms. The van der Waals surface area contributed by atoms with E-state index < -0.39 is 0 Å². The van der Waals surface area contributed by atoms with Crippen LogP contribution in [0.4, 0.5) is 5.69 Å². The molecule has 1 atom stereocenters. The summed E-state index contributed by atoms with van der Waals surface area (Å²) < 4.78 is 5.32. The van der Waals surface area contributed by atoms with Crippen molar-refractivity contribution in [2.24, 2.45) is 5.73 Å². The van der Waals surface area contributed by atoms with Gasteiger partial charge in [-0.05, 0) is 31.2 Å². The van der Waals surface area contributed by atoms with E-state index in [1.54, 1.807) is 12.5 Å². The predicted octanol–water partition coefficient (Wildman–Crippen LogP) is 2.48. The molecule has 2 rings (SSSR count). The van der Waals surface area contributed by atoms with Gasteiger partial charge in [0.1, 0.15) is 16.4 Å². The highest BCUT2D eigenvalue weighted by Gasteiger charge is 2.11. The highest BCUT2D eigenvalue weighted by Crippen LogP contribution is 2.21. The maximum absolute atomic E-state index is 5.61. The van der Waals surface area contributed by atoms with Gasteiger partial charge in [-0.15, -0.1) is 0 Å². The zero-order valence-electron chi connectivity index (χ0n) is 9.38. The number of nitrogens with one attached hydrogen (secondary N) is 1. The van der Waals surface area contributed by atoms with Gasteiger partial charge < -0.3 is 15.5 Å². The number of furan rings is 1. The first-order chi connectivity index (χ1) is 8.18. The van der Waals surface area contributed by atoms with Crippen molar-refractivity contribution in [1.29, 1.82) is 0 Å². The van der Waals surface area contributed by atoms with Crippen LogP contribution in [0.1, 0.15) is 24.4 Å². The van der Waals surface area contributed by atoms with Crippen molar-refractivity contribution in [2.45, 2.75) is 13.0 Å². The maximum Gasteiger partial charge on any atom is 0.125 e. The van der Waals surface area contributed by atoms with Gasteiger partial charge in [-0.2, -0.15) is 0 Å². The number of anilines is 1. The van der Waals surface area contributed by atoms with E-state index >= 15 is 0 Å².